The van der Waals surface area contributed by atoms with E-state index in [1.54, 1.807) is 27.8 Å². The van der Waals surface area contributed by atoms with E-state index in [0.717, 1.165) is 11.3 Å². The summed E-state index contributed by atoms with van der Waals surface area (Å²) in [4.78, 5) is 13.9. The Bertz CT molecular complexity index is 702. The highest BCUT2D eigenvalue weighted by atomic mass is 19.3. The summed E-state index contributed by atoms with van der Waals surface area (Å²) < 4.78 is 31.4. The molecule has 6 nitrogen and oxygen atoms in total. The Hall–Kier alpha value is -2.25. The standard InChI is InChI=1S/C15H20F2N4O2/c1-8-12(10(3)21(18-8)15(16)17)6-14(22)20(5)7-13-9(2)19-23-11(13)4/h15H,6-7H2,1-5H3. The highest BCUT2D eigenvalue weighted by Crippen LogP contribution is 2.21. The number of hydrogen-bond donors (Lipinski definition) is 0. The number of amides is 1. The number of carbonyl (C=O) groups excluding carboxylic acids is 1. The van der Waals surface area contributed by atoms with Gasteiger partial charge in [-0.15, -0.1) is 0 Å². The lowest BCUT2D eigenvalue weighted by molar-refractivity contribution is -0.129. The lowest BCUT2D eigenvalue weighted by atomic mass is 10.1. The summed E-state index contributed by atoms with van der Waals surface area (Å²) in [6.07, 6.45) is 0.0320. The topological polar surface area (TPSA) is 64.2 Å². The van der Waals surface area contributed by atoms with Crippen LogP contribution in [0, 0.1) is 27.7 Å². The average molecular weight is 326 g/mol. The fourth-order valence-corrected chi connectivity index (χ4v) is 2.48. The summed E-state index contributed by atoms with van der Waals surface area (Å²) in [5.74, 6) is 0.491. The summed E-state index contributed by atoms with van der Waals surface area (Å²) in [6, 6.07) is 0. The van der Waals surface area contributed by atoms with Gasteiger partial charge in [0.2, 0.25) is 5.91 Å². The lowest BCUT2D eigenvalue weighted by Gasteiger charge is -2.17. The molecule has 2 rings (SSSR count). The predicted molar refractivity (Wildman–Crippen MR) is 79.1 cm³/mol. The van der Waals surface area contributed by atoms with Crippen LogP contribution in [0.4, 0.5) is 8.78 Å². The second-order valence-electron chi connectivity index (χ2n) is 5.60. The van der Waals surface area contributed by atoms with Crippen molar-refractivity contribution in [2.75, 3.05) is 7.05 Å². The van der Waals surface area contributed by atoms with Gasteiger partial charge in [-0.1, -0.05) is 5.16 Å². The first-order valence-corrected chi connectivity index (χ1v) is 7.20. The minimum absolute atomic E-state index is 0.0320. The maximum Gasteiger partial charge on any atom is 0.333 e. The molecule has 8 heteroatoms. The molecule has 2 aromatic rings. The van der Waals surface area contributed by atoms with Gasteiger partial charge in [-0.2, -0.15) is 13.9 Å². The van der Waals surface area contributed by atoms with Gasteiger partial charge in [-0.3, -0.25) is 4.79 Å². The van der Waals surface area contributed by atoms with Crippen molar-refractivity contribution in [3.8, 4) is 0 Å². The van der Waals surface area contributed by atoms with Gasteiger partial charge in [-0.05, 0) is 27.7 Å². The lowest BCUT2D eigenvalue weighted by Crippen LogP contribution is -2.28. The molecule has 2 aromatic heterocycles. The highest BCUT2D eigenvalue weighted by molar-refractivity contribution is 5.79. The van der Waals surface area contributed by atoms with E-state index >= 15 is 0 Å². The quantitative estimate of drug-likeness (QED) is 0.847. The fraction of sp³-hybridized carbons (Fsp3) is 0.533. The second-order valence-corrected chi connectivity index (χ2v) is 5.60. The molecular weight excluding hydrogens is 306 g/mol. The van der Waals surface area contributed by atoms with Gasteiger partial charge >= 0.3 is 6.55 Å². The molecule has 0 fully saturated rings. The Kier molecular flexibility index (Phi) is 4.82. The zero-order valence-corrected chi connectivity index (χ0v) is 13.9. The molecule has 126 valence electrons. The number of carbonyl (C=O) groups is 1. The molecule has 0 aliphatic heterocycles. The molecule has 0 saturated heterocycles. The monoisotopic (exact) mass is 326 g/mol. The molecular formula is C15H20F2N4O2. The van der Waals surface area contributed by atoms with Crippen LogP contribution in [0.5, 0.6) is 0 Å². The summed E-state index contributed by atoms with van der Waals surface area (Å²) >= 11 is 0. The van der Waals surface area contributed by atoms with Gasteiger partial charge < -0.3 is 9.42 Å². The van der Waals surface area contributed by atoms with Crippen LogP contribution < -0.4 is 0 Å². The first-order valence-electron chi connectivity index (χ1n) is 7.20. The van der Waals surface area contributed by atoms with E-state index in [-0.39, 0.29) is 12.3 Å². The largest absolute Gasteiger partial charge is 0.361 e. The SMILES string of the molecule is Cc1noc(C)c1CN(C)C(=O)Cc1c(C)nn(C(F)F)c1C. The van der Waals surface area contributed by atoms with Crippen LogP contribution in [0.3, 0.4) is 0 Å². The normalized spacial score (nSPS) is 11.3. The third kappa shape index (κ3) is 3.40. The molecule has 0 aliphatic rings. The molecule has 1 amide bonds. The van der Waals surface area contributed by atoms with E-state index in [1.807, 2.05) is 6.92 Å². The molecule has 23 heavy (non-hydrogen) atoms. The molecule has 2 heterocycles. The third-order valence-electron chi connectivity index (χ3n) is 3.99. The van der Waals surface area contributed by atoms with Gasteiger partial charge in [0.05, 0.1) is 24.4 Å². The maximum atomic E-state index is 12.8. The molecule has 0 saturated carbocycles. The van der Waals surface area contributed by atoms with Crippen molar-refractivity contribution in [3.05, 3.63) is 34.0 Å². The van der Waals surface area contributed by atoms with Crippen molar-refractivity contribution in [2.24, 2.45) is 0 Å². The van der Waals surface area contributed by atoms with Crippen molar-refractivity contribution in [3.63, 3.8) is 0 Å². The fourth-order valence-electron chi connectivity index (χ4n) is 2.48. The summed E-state index contributed by atoms with van der Waals surface area (Å²) in [7, 11) is 1.66. The molecule has 0 radical (unpaired) electrons. The molecule has 0 spiro atoms. The number of rotatable bonds is 5. The maximum absolute atomic E-state index is 12.8. The van der Waals surface area contributed by atoms with Gasteiger partial charge in [-0.25, -0.2) is 4.68 Å². The zero-order chi connectivity index (χ0) is 17.3. The Balaban J connectivity index is 2.13. The first kappa shape index (κ1) is 17.1. The predicted octanol–water partition coefficient (Wildman–Crippen LogP) is 2.70. The Labute approximate surface area is 133 Å². The van der Waals surface area contributed by atoms with Crippen LogP contribution in [0.1, 0.15) is 40.5 Å². The zero-order valence-electron chi connectivity index (χ0n) is 13.9. The number of halogens is 2. The van der Waals surface area contributed by atoms with Crippen LogP contribution in [0.15, 0.2) is 4.52 Å². The van der Waals surface area contributed by atoms with Crippen LogP contribution in [-0.2, 0) is 17.8 Å². The molecule has 0 N–H and O–H groups in total. The molecule has 0 atom stereocenters. The average Bonchev–Trinajstić information content (AvgIpc) is 2.94. The van der Waals surface area contributed by atoms with Gasteiger partial charge in [0.25, 0.3) is 0 Å². The van der Waals surface area contributed by atoms with Crippen molar-refractivity contribution in [2.45, 2.75) is 47.2 Å². The van der Waals surface area contributed by atoms with Gasteiger partial charge in [0, 0.05) is 23.9 Å². The van der Waals surface area contributed by atoms with Crippen molar-refractivity contribution < 1.29 is 18.1 Å². The number of nitrogens with zero attached hydrogens (tertiary/aromatic N) is 4. The van der Waals surface area contributed by atoms with E-state index in [9.17, 15) is 13.6 Å². The van der Waals surface area contributed by atoms with Crippen molar-refractivity contribution >= 4 is 5.91 Å². The van der Waals surface area contributed by atoms with E-state index in [1.165, 1.54) is 4.90 Å². The third-order valence-corrected chi connectivity index (χ3v) is 3.99. The molecule has 0 unspecified atom stereocenters. The van der Waals surface area contributed by atoms with E-state index in [4.69, 9.17) is 4.52 Å². The molecule has 0 bridgehead atoms. The van der Waals surface area contributed by atoms with E-state index in [0.29, 0.717) is 33.9 Å². The first-order chi connectivity index (χ1) is 10.7. The minimum atomic E-state index is -2.71. The second kappa shape index (κ2) is 6.47. The van der Waals surface area contributed by atoms with Crippen LogP contribution in [-0.4, -0.2) is 32.8 Å². The Morgan fingerprint density at radius 3 is 2.35 bits per heavy atom. The van der Waals surface area contributed by atoms with Crippen molar-refractivity contribution in [1.82, 2.24) is 19.8 Å². The smallest absolute Gasteiger partial charge is 0.333 e. The van der Waals surface area contributed by atoms with E-state index < -0.39 is 6.55 Å². The van der Waals surface area contributed by atoms with Gasteiger partial charge in [0.15, 0.2) is 0 Å². The van der Waals surface area contributed by atoms with Crippen LogP contribution >= 0.6 is 0 Å². The van der Waals surface area contributed by atoms with E-state index in [2.05, 4.69) is 10.3 Å². The highest BCUT2D eigenvalue weighted by Gasteiger charge is 2.21. The van der Waals surface area contributed by atoms with Crippen LogP contribution in [0.2, 0.25) is 0 Å². The van der Waals surface area contributed by atoms with Crippen molar-refractivity contribution in [1.29, 1.82) is 0 Å². The number of aromatic nitrogens is 3. The Morgan fingerprint density at radius 1 is 1.22 bits per heavy atom. The summed E-state index contributed by atoms with van der Waals surface area (Å²) in [6.45, 7) is 4.42. The molecule has 0 aromatic carbocycles. The number of likely N-dealkylation sites (N-methyl/N-ethyl adjacent to an activating group) is 1. The Morgan fingerprint density at radius 2 is 1.87 bits per heavy atom. The minimum Gasteiger partial charge on any atom is -0.361 e. The number of alkyl halides is 2. The summed E-state index contributed by atoms with van der Waals surface area (Å²) in [5.41, 5.74) is 2.90. The number of aryl methyl sites for hydroxylation is 3. The summed E-state index contributed by atoms with van der Waals surface area (Å²) in [5, 5.41) is 7.65. The molecule has 0 aliphatic carbocycles. The van der Waals surface area contributed by atoms with Gasteiger partial charge in [0.1, 0.15) is 5.76 Å². The van der Waals surface area contributed by atoms with Crippen LogP contribution in [0.25, 0.3) is 0 Å². The number of hydrogen-bond acceptors (Lipinski definition) is 4.